The van der Waals surface area contributed by atoms with Gasteiger partial charge in [-0.05, 0) is 66.8 Å². The summed E-state index contributed by atoms with van der Waals surface area (Å²) < 4.78 is 30.6. The molecule has 138 valence electrons. The topological polar surface area (TPSA) is 46.2 Å². The first-order valence-electron chi connectivity index (χ1n) is 8.75. The van der Waals surface area contributed by atoms with Crippen molar-refractivity contribution in [1.82, 2.24) is 0 Å². The molecular weight excluding hydrogens is 338 g/mol. The van der Waals surface area contributed by atoms with E-state index in [4.69, 9.17) is 23.3 Å². The molecule has 5 nitrogen and oxygen atoms in total. The third-order valence-corrected chi connectivity index (χ3v) is 6.77. The van der Waals surface area contributed by atoms with E-state index >= 15 is 0 Å². The molecule has 8 heteroatoms. The van der Waals surface area contributed by atoms with Crippen LogP contribution in [0.5, 0.6) is 0 Å². The molecule has 2 aliphatic heterocycles. The number of hydrogen-bond acceptors (Lipinski definition) is 6. The molecule has 0 amide bonds. The van der Waals surface area contributed by atoms with Crippen LogP contribution in [-0.4, -0.2) is 36.8 Å². The summed E-state index contributed by atoms with van der Waals surface area (Å²) in [5.41, 5.74) is -1.75. The standard InChI is InChI=1S/C17H28B2O5S/c1-14(2)15(3,4)22-18(21-14)13(12-10-9-11-25-12)20-19-23-16(5,6)17(7,8)24-19/h9-11,13H,1-8H3. The highest BCUT2D eigenvalue weighted by Gasteiger charge is 2.58. The van der Waals surface area contributed by atoms with Gasteiger partial charge in [-0.25, -0.2) is 0 Å². The highest BCUT2D eigenvalue weighted by Crippen LogP contribution is 2.44. The average molecular weight is 366 g/mol. The minimum atomic E-state index is -0.767. The van der Waals surface area contributed by atoms with Gasteiger partial charge in [0.25, 0.3) is 0 Å². The number of thiophene rings is 1. The van der Waals surface area contributed by atoms with Crippen LogP contribution in [0.4, 0.5) is 0 Å². The smallest absolute Gasteiger partial charge is 0.401 e. The fourth-order valence-corrected chi connectivity index (χ4v) is 3.47. The predicted octanol–water partition coefficient (Wildman–Crippen LogP) is 4.03. The van der Waals surface area contributed by atoms with E-state index < -0.39 is 42.8 Å². The Balaban J connectivity index is 1.82. The molecule has 0 bridgehead atoms. The van der Waals surface area contributed by atoms with Crippen LogP contribution in [0, 0.1) is 0 Å². The Kier molecular flexibility index (Phi) is 4.71. The number of hydrogen-bond donors (Lipinski definition) is 0. The zero-order valence-electron chi connectivity index (χ0n) is 16.4. The summed E-state index contributed by atoms with van der Waals surface area (Å²) in [6.07, 6.45) is 0. The quantitative estimate of drug-likeness (QED) is 0.754. The molecule has 1 atom stereocenters. The van der Waals surface area contributed by atoms with Crippen LogP contribution < -0.4 is 0 Å². The molecule has 3 heterocycles. The van der Waals surface area contributed by atoms with Gasteiger partial charge in [0, 0.05) is 4.88 Å². The van der Waals surface area contributed by atoms with Gasteiger partial charge in [0.05, 0.1) is 22.4 Å². The van der Waals surface area contributed by atoms with Crippen LogP contribution >= 0.6 is 11.3 Å². The van der Waals surface area contributed by atoms with E-state index in [9.17, 15) is 0 Å². The Morgan fingerprint density at radius 3 is 1.76 bits per heavy atom. The maximum Gasteiger partial charge on any atom is 0.640 e. The fraction of sp³-hybridized carbons (Fsp3) is 0.765. The molecule has 2 fully saturated rings. The molecule has 1 unspecified atom stereocenters. The van der Waals surface area contributed by atoms with Gasteiger partial charge in [-0.3, -0.25) is 0 Å². The van der Waals surface area contributed by atoms with Gasteiger partial charge in [-0.15, -0.1) is 11.3 Å². The average Bonchev–Trinajstić information content (AvgIpc) is 3.06. The molecule has 1 aromatic rings. The van der Waals surface area contributed by atoms with E-state index in [0.717, 1.165) is 4.88 Å². The fourth-order valence-electron chi connectivity index (χ4n) is 2.69. The van der Waals surface area contributed by atoms with Crippen LogP contribution in [0.15, 0.2) is 17.5 Å². The van der Waals surface area contributed by atoms with Gasteiger partial charge < -0.3 is 23.3 Å². The Labute approximate surface area is 155 Å². The lowest BCUT2D eigenvalue weighted by Gasteiger charge is -2.32. The van der Waals surface area contributed by atoms with Crippen molar-refractivity contribution in [3.05, 3.63) is 22.4 Å². The van der Waals surface area contributed by atoms with Gasteiger partial charge in [0.1, 0.15) is 6.00 Å². The van der Waals surface area contributed by atoms with Crippen LogP contribution in [0.25, 0.3) is 0 Å². The van der Waals surface area contributed by atoms with Gasteiger partial charge in [0.2, 0.25) is 0 Å². The first kappa shape index (κ1) is 19.4. The first-order valence-corrected chi connectivity index (χ1v) is 9.63. The van der Waals surface area contributed by atoms with E-state index in [0.29, 0.717) is 0 Å². The van der Waals surface area contributed by atoms with Crippen LogP contribution in [0.2, 0.25) is 0 Å². The SMILES string of the molecule is CC1(C)OB(OC(B2OC(C)(C)C(C)(C)O2)c2cccs2)OC1(C)C. The van der Waals surface area contributed by atoms with E-state index in [2.05, 4.69) is 0 Å². The third kappa shape index (κ3) is 3.45. The molecule has 25 heavy (non-hydrogen) atoms. The zero-order valence-corrected chi connectivity index (χ0v) is 17.2. The second-order valence-electron chi connectivity index (χ2n) is 8.74. The van der Waals surface area contributed by atoms with Crippen LogP contribution in [0.3, 0.4) is 0 Å². The summed E-state index contributed by atoms with van der Waals surface area (Å²) in [5, 5.41) is 2.02. The van der Waals surface area contributed by atoms with Crippen molar-refractivity contribution in [1.29, 1.82) is 0 Å². The highest BCUT2D eigenvalue weighted by molar-refractivity contribution is 7.10. The number of rotatable bonds is 4. The molecule has 0 N–H and O–H groups in total. The van der Waals surface area contributed by atoms with E-state index in [-0.39, 0.29) is 0 Å². The summed E-state index contributed by atoms with van der Waals surface area (Å²) in [5.74, 6) is 0. The van der Waals surface area contributed by atoms with Crippen molar-refractivity contribution in [3.8, 4) is 0 Å². The maximum absolute atomic E-state index is 6.21. The first-order chi connectivity index (χ1) is 11.3. The van der Waals surface area contributed by atoms with Gasteiger partial charge in [-0.1, -0.05) is 6.07 Å². The summed E-state index contributed by atoms with van der Waals surface area (Å²) in [7, 11) is -1.29. The van der Waals surface area contributed by atoms with Gasteiger partial charge >= 0.3 is 14.4 Å². The van der Waals surface area contributed by atoms with Crippen molar-refractivity contribution >= 4 is 25.8 Å². The van der Waals surface area contributed by atoms with Crippen molar-refractivity contribution in [2.24, 2.45) is 0 Å². The molecular formula is C17H28B2O5S. The molecule has 3 rings (SSSR count). The van der Waals surface area contributed by atoms with Gasteiger partial charge in [-0.2, -0.15) is 0 Å². The van der Waals surface area contributed by atoms with E-state index in [1.807, 2.05) is 72.9 Å². The molecule has 0 aromatic carbocycles. The molecule has 0 aliphatic carbocycles. The van der Waals surface area contributed by atoms with Crippen molar-refractivity contribution in [2.45, 2.75) is 83.8 Å². The Morgan fingerprint density at radius 1 is 0.840 bits per heavy atom. The molecule has 1 aromatic heterocycles. The molecule has 0 spiro atoms. The largest absolute Gasteiger partial charge is 0.640 e. The maximum atomic E-state index is 6.21. The van der Waals surface area contributed by atoms with E-state index in [1.165, 1.54) is 0 Å². The summed E-state index contributed by atoms with van der Waals surface area (Å²) in [4.78, 5) is 1.02. The second-order valence-corrected chi connectivity index (χ2v) is 9.72. The normalized spacial score (nSPS) is 27.7. The molecule has 2 saturated heterocycles. The minimum Gasteiger partial charge on any atom is -0.401 e. The molecule has 0 saturated carbocycles. The Bertz CT molecular complexity index is 583. The minimum absolute atomic E-state index is 0.421. The monoisotopic (exact) mass is 366 g/mol. The second kappa shape index (κ2) is 6.08. The van der Waals surface area contributed by atoms with Crippen LogP contribution in [0.1, 0.15) is 66.3 Å². The lowest BCUT2D eigenvalue weighted by Crippen LogP contribution is -2.41. The van der Waals surface area contributed by atoms with Gasteiger partial charge in [0.15, 0.2) is 0 Å². The summed E-state index contributed by atoms with van der Waals surface area (Å²) in [6, 6.07) is 3.59. The van der Waals surface area contributed by atoms with Crippen molar-refractivity contribution in [2.75, 3.05) is 0 Å². The Morgan fingerprint density at radius 2 is 1.32 bits per heavy atom. The highest BCUT2D eigenvalue weighted by atomic mass is 32.1. The zero-order chi connectivity index (χ0) is 18.7. The summed E-state index contributed by atoms with van der Waals surface area (Å²) >= 11 is 1.61. The van der Waals surface area contributed by atoms with Crippen molar-refractivity contribution in [3.63, 3.8) is 0 Å². The summed E-state index contributed by atoms with van der Waals surface area (Å²) in [6.45, 7) is 16.2. The molecule has 0 radical (unpaired) electrons. The lowest BCUT2D eigenvalue weighted by atomic mass is 9.79. The Hall–Kier alpha value is -0.370. The van der Waals surface area contributed by atoms with Crippen molar-refractivity contribution < 1.29 is 23.3 Å². The third-order valence-electron chi connectivity index (χ3n) is 5.83. The van der Waals surface area contributed by atoms with Crippen LogP contribution in [-0.2, 0) is 23.3 Å². The predicted molar refractivity (Wildman–Crippen MR) is 100 cm³/mol. The lowest BCUT2D eigenvalue weighted by molar-refractivity contribution is 0.00578. The molecule has 2 aliphatic rings. The van der Waals surface area contributed by atoms with E-state index in [1.54, 1.807) is 11.3 Å².